The standard InChI is InChI=1S/C18H18N2O3S/c21-16-12-7-3-4-8-14(12)23-9-13(16)20-18(22)17-15(19-10-24-17)11-5-1-2-6-11/h3-4,7-8,10-11,13H,1-2,5-6,9H2,(H,20,22). The summed E-state index contributed by atoms with van der Waals surface area (Å²) in [5.41, 5.74) is 3.13. The quantitative estimate of drug-likeness (QED) is 0.930. The van der Waals surface area contributed by atoms with Crippen molar-refractivity contribution in [3.63, 3.8) is 0 Å². The molecule has 0 radical (unpaired) electrons. The second-order valence-corrected chi connectivity index (χ2v) is 7.10. The highest BCUT2D eigenvalue weighted by Crippen LogP contribution is 2.36. The van der Waals surface area contributed by atoms with E-state index in [2.05, 4.69) is 10.3 Å². The number of ketones is 1. The summed E-state index contributed by atoms with van der Waals surface area (Å²) in [5.74, 6) is 0.631. The van der Waals surface area contributed by atoms with Crippen LogP contribution in [0.4, 0.5) is 0 Å². The number of amides is 1. The van der Waals surface area contributed by atoms with Crippen molar-refractivity contribution in [2.24, 2.45) is 0 Å². The number of nitrogens with zero attached hydrogens (tertiary/aromatic N) is 1. The molecular formula is C18H18N2O3S. The molecule has 4 rings (SSSR count). The maximum atomic E-state index is 12.7. The minimum atomic E-state index is -0.647. The van der Waals surface area contributed by atoms with E-state index in [9.17, 15) is 9.59 Å². The summed E-state index contributed by atoms with van der Waals surface area (Å²) < 4.78 is 5.61. The molecule has 5 nitrogen and oxygen atoms in total. The van der Waals surface area contributed by atoms with Crippen LogP contribution in [0.15, 0.2) is 29.8 Å². The molecular weight excluding hydrogens is 324 g/mol. The van der Waals surface area contributed by atoms with Crippen LogP contribution in [0.2, 0.25) is 0 Å². The first-order valence-corrected chi connectivity index (χ1v) is 9.12. The average molecular weight is 342 g/mol. The van der Waals surface area contributed by atoms with Crippen molar-refractivity contribution in [3.05, 3.63) is 45.9 Å². The number of para-hydroxylation sites is 1. The van der Waals surface area contributed by atoms with Gasteiger partial charge in [-0.25, -0.2) is 4.98 Å². The third-order valence-corrected chi connectivity index (χ3v) is 5.56. The van der Waals surface area contributed by atoms with Crippen molar-refractivity contribution in [1.29, 1.82) is 0 Å². The molecule has 1 unspecified atom stereocenters. The zero-order chi connectivity index (χ0) is 16.5. The van der Waals surface area contributed by atoms with Crippen LogP contribution >= 0.6 is 11.3 Å². The number of benzene rings is 1. The van der Waals surface area contributed by atoms with Gasteiger partial charge in [0.2, 0.25) is 0 Å². The Labute approximate surface area is 144 Å². The number of hydrogen-bond acceptors (Lipinski definition) is 5. The van der Waals surface area contributed by atoms with E-state index in [-0.39, 0.29) is 18.3 Å². The molecule has 1 N–H and O–H groups in total. The third-order valence-electron chi connectivity index (χ3n) is 4.72. The molecule has 1 aromatic heterocycles. The van der Waals surface area contributed by atoms with Gasteiger partial charge in [0.25, 0.3) is 5.91 Å². The Morgan fingerprint density at radius 2 is 2.04 bits per heavy atom. The van der Waals surface area contributed by atoms with Crippen molar-refractivity contribution >= 4 is 23.0 Å². The van der Waals surface area contributed by atoms with E-state index in [1.54, 1.807) is 23.7 Å². The smallest absolute Gasteiger partial charge is 0.264 e. The molecule has 1 saturated carbocycles. The number of hydrogen-bond donors (Lipinski definition) is 1. The van der Waals surface area contributed by atoms with Crippen molar-refractivity contribution in [2.45, 2.75) is 37.6 Å². The van der Waals surface area contributed by atoms with Crippen LogP contribution in [0.25, 0.3) is 0 Å². The molecule has 24 heavy (non-hydrogen) atoms. The van der Waals surface area contributed by atoms with Gasteiger partial charge < -0.3 is 10.1 Å². The van der Waals surface area contributed by atoms with Crippen LogP contribution in [-0.2, 0) is 0 Å². The molecule has 1 aromatic carbocycles. The van der Waals surface area contributed by atoms with Gasteiger partial charge in [0.1, 0.15) is 23.3 Å². The van der Waals surface area contributed by atoms with Gasteiger partial charge in [0, 0.05) is 5.92 Å². The molecule has 1 atom stereocenters. The topological polar surface area (TPSA) is 68.3 Å². The van der Waals surface area contributed by atoms with Crippen molar-refractivity contribution in [1.82, 2.24) is 10.3 Å². The lowest BCUT2D eigenvalue weighted by molar-refractivity contribution is 0.0796. The Kier molecular flexibility index (Phi) is 4.06. The lowest BCUT2D eigenvalue weighted by Crippen LogP contribution is -2.47. The minimum Gasteiger partial charge on any atom is -0.490 e. The molecule has 1 amide bonds. The van der Waals surface area contributed by atoms with Crippen molar-refractivity contribution in [3.8, 4) is 5.75 Å². The maximum Gasteiger partial charge on any atom is 0.264 e. The summed E-state index contributed by atoms with van der Waals surface area (Å²) in [6, 6.07) is 6.48. The molecule has 124 valence electrons. The fourth-order valence-electron chi connectivity index (χ4n) is 3.48. The number of nitrogens with one attached hydrogen (secondary N) is 1. The van der Waals surface area contributed by atoms with Gasteiger partial charge in [-0.3, -0.25) is 9.59 Å². The predicted molar refractivity (Wildman–Crippen MR) is 90.8 cm³/mol. The molecule has 1 aliphatic carbocycles. The minimum absolute atomic E-state index is 0.0999. The van der Waals surface area contributed by atoms with Gasteiger partial charge in [0.05, 0.1) is 16.8 Å². The van der Waals surface area contributed by atoms with Gasteiger partial charge in [-0.2, -0.15) is 0 Å². The second kappa shape index (κ2) is 6.36. The summed E-state index contributed by atoms with van der Waals surface area (Å²) in [6.45, 7) is 0.166. The van der Waals surface area contributed by atoms with Crippen LogP contribution in [0.5, 0.6) is 5.75 Å². The van der Waals surface area contributed by atoms with E-state index in [1.165, 1.54) is 24.2 Å². The van der Waals surface area contributed by atoms with Crippen LogP contribution in [0, 0.1) is 0 Å². The first-order chi connectivity index (χ1) is 11.7. The monoisotopic (exact) mass is 342 g/mol. The fraction of sp³-hybridized carbons (Fsp3) is 0.389. The van der Waals surface area contributed by atoms with Gasteiger partial charge in [-0.15, -0.1) is 11.3 Å². The molecule has 0 bridgehead atoms. The zero-order valence-electron chi connectivity index (χ0n) is 13.2. The number of rotatable bonds is 3. The highest BCUT2D eigenvalue weighted by atomic mass is 32.1. The Bertz CT molecular complexity index is 780. The van der Waals surface area contributed by atoms with Gasteiger partial charge in [-0.05, 0) is 25.0 Å². The van der Waals surface area contributed by atoms with Crippen LogP contribution in [0.1, 0.15) is 57.3 Å². The van der Waals surface area contributed by atoms with Crippen LogP contribution in [-0.4, -0.2) is 29.3 Å². The number of fused-ring (bicyclic) bond motifs is 1. The zero-order valence-corrected chi connectivity index (χ0v) is 14.0. The highest BCUT2D eigenvalue weighted by Gasteiger charge is 2.32. The lowest BCUT2D eigenvalue weighted by atomic mass is 10.00. The summed E-state index contributed by atoms with van der Waals surface area (Å²) in [6.07, 6.45) is 4.55. The largest absolute Gasteiger partial charge is 0.490 e. The average Bonchev–Trinajstić information content (AvgIpc) is 3.28. The first-order valence-electron chi connectivity index (χ1n) is 8.24. The number of aromatic nitrogens is 1. The summed E-state index contributed by atoms with van der Waals surface area (Å²) in [5, 5.41) is 2.83. The maximum absolute atomic E-state index is 12.7. The molecule has 1 fully saturated rings. The Morgan fingerprint density at radius 3 is 2.88 bits per heavy atom. The predicted octanol–water partition coefficient (Wildman–Crippen LogP) is 3.17. The molecule has 1 aliphatic heterocycles. The van der Waals surface area contributed by atoms with Crippen molar-refractivity contribution in [2.75, 3.05) is 6.61 Å². The van der Waals surface area contributed by atoms with Crippen LogP contribution < -0.4 is 10.1 Å². The molecule has 2 heterocycles. The third kappa shape index (κ3) is 2.71. The molecule has 0 saturated heterocycles. The number of carbonyl (C=O) groups excluding carboxylic acids is 2. The van der Waals surface area contributed by atoms with Crippen LogP contribution in [0.3, 0.4) is 0 Å². The van der Waals surface area contributed by atoms with Gasteiger partial charge in [-0.1, -0.05) is 25.0 Å². The van der Waals surface area contributed by atoms with Gasteiger partial charge in [0.15, 0.2) is 5.78 Å². The lowest BCUT2D eigenvalue weighted by Gasteiger charge is -2.24. The number of Topliss-reactive ketones (excluding diaryl/α,β-unsaturated/α-hetero) is 1. The Morgan fingerprint density at radius 1 is 1.25 bits per heavy atom. The first kappa shape index (κ1) is 15.3. The molecule has 6 heteroatoms. The fourth-order valence-corrected chi connectivity index (χ4v) is 4.26. The summed E-state index contributed by atoms with van der Waals surface area (Å²) >= 11 is 1.34. The van der Waals surface area contributed by atoms with E-state index in [0.717, 1.165) is 18.5 Å². The SMILES string of the molecule is O=C(NC1COc2ccccc2C1=O)c1scnc1C1CCCC1. The highest BCUT2D eigenvalue weighted by molar-refractivity contribution is 7.11. The van der Waals surface area contributed by atoms with Gasteiger partial charge >= 0.3 is 0 Å². The molecule has 0 spiro atoms. The normalized spacial score (nSPS) is 20.5. The van der Waals surface area contributed by atoms with E-state index in [1.807, 2.05) is 6.07 Å². The second-order valence-electron chi connectivity index (χ2n) is 6.25. The van der Waals surface area contributed by atoms with E-state index in [0.29, 0.717) is 22.1 Å². The van der Waals surface area contributed by atoms with E-state index in [4.69, 9.17) is 4.74 Å². The number of ether oxygens (including phenoxy) is 1. The molecule has 2 aromatic rings. The van der Waals surface area contributed by atoms with E-state index < -0.39 is 6.04 Å². The number of carbonyl (C=O) groups is 2. The van der Waals surface area contributed by atoms with E-state index >= 15 is 0 Å². The van der Waals surface area contributed by atoms with Crippen molar-refractivity contribution < 1.29 is 14.3 Å². The Balaban J connectivity index is 1.51. The molecule has 2 aliphatic rings. The summed E-state index contributed by atoms with van der Waals surface area (Å²) in [4.78, 5) is 30.3. The number of thiazole rings is 1. The Hall–Kier alpha value is -2.21. The summed E-state index contributed by atoms with van der Waals surface area (Å²) in [7, 11) is 0.